The van der Waals surface area contributed by atoms with Crippen LogP contribution in [0.25, 0.3) is 0 Å². The number of ether oxygens (including phenoxy) is 2. The number of nitrogens with zero attached hydrogens (tertiary/aromatic N) is 1. The molecule has 2 aromatic rings. The summed E-state index contributed by atoms with van der Waals surface area (Å²) in [7, 11) is 3.21. The lowest BCUT2D eigenvalue weighted by Gasteiger charge is -2.25. The fourth-order valence-corrected chi connectivity index (χ4v) is 4.44. The molecule has 110 valence electrons. The summed E-state index contributed by atoms with van der Waals surface area (Å²) in [5.74, 6) is 1.94. The lowest BCUT2D eigenvalue weighted by Crippen LogP contribution is -2.27. The summed E-state index contributed by atoms with van der Waals surface area (Å²) in [4.78, 5) is 15.3. The van der Waals surface area contributed by atoms with Gasteiger partial charge in [0.25, 0.3) is 0 Å². The van der Waals surface area contributed by atoms with Crippen LogP contribution in [0, 0.1) is 0 Å². The Morgan fingerprint density at radius 2 is 2.10 bits per heavy atom. The fourth-order valence-electron chi connectivity index (χ4n) is 2.31. The van der Waals surface area contributed by atoms with Crippen LogP contribution in [-0.2, 0) is 4.79 Å². The molecule has 21 heavy (non-hydrogen) atoms. The molecule has 3 rings (SSSR count). The summed E-state index contributed by atoms with van der Waals surface area (Å²) in [6, 6.07) is 9.59. The third-order valence-corrected chi connectivity index (χ3v) is 5.57. The van der Waals surface area contributed by atoms with Crippen LogP contribution in [0.4, 0.5) is 5.69 Å². The van der Waals surface area contributed by atoms with Crippen molar-refractivity contribution in [3.63, 3.8) is 0 Å². The highest BCUT2D eigenvalue weighted by atomic mass is 32.2. The zero-order chi connectivity index (χ0) is 14.8. The lowest BCUT2D eigenvalue weighted by atomic mass is 10.2. The number of benzene rings is 1. The third kappa shape index (κ3) is 2.61. The van der Waals surface area contributed by atoms with Crippen LogP contribution in [0.1, 0.15) is 10.3 Å². The molecule has 1 fully saturated rings. The Labute approximate surface area is 131 Å². The van der Waals surface area contributed by atoms with E-state index in [-0.39, 0.29) is 11.3 Å². The van der Waals surface area contributed by atoms with Crippen molar-refractivity contribution in [2.75, 3.05) is 24.9 Å². The van der Waals surface area contributed by atoms with Gasteiger partial charge in [0, 0.05) is 10.9 Å². The van der Waals surface area contributed by atoms with Gasteiger partial charge in [-0.2, -0.15) is 0 Å². The average Bonchev–Trinajstić information content (AvgIpc) is 3.15. The quantitative estimate of drug-likeness (QED) is 0.863. The van der Waals surface area contributed by atoms with E-state index < -0.39 is 0 Å². The number of hydrogen-bond donors (Lipinski definition) is 0. The number of thiophene rings is 1. The second-order valence-corrected chi connectivity index (χ2v) is 6.53. The first-order valence-corrected chi connectivity index (χ1v) is 8.36. The maximum absolute atomic E-state index is 12.3. The molecule has 0 radical (unpaired) electrons. The second-order valence-electron chi connectivity index (χ2n) is 4.48. The Morgan fingerprint density at radius 3 is 2.76 bits per heavy atom. The summed E-state index contributed by atoms with van der Waals surface area (Å²) in [5, 5.41) is 2.04. The molecule has 0 bridgehead atoms. The molecule has 2 heterocycles. The van der Waals surface area contributed by atoms with Crippen molar-refractivity contribution in [3.8, 4) is 11.5 Å². The monoisotopic (exact) mass is 321 g/mol. The Morgan fingerprint density at radius 1 is 1.24 bits per heavy atom. The fraction of sp³-hybridized carbons (Fsp3) is 0.267. The topological polar surface area (TPSA) is 38.8 Å². The number of amides is 1. The van der Waals surface area contributed by atoms with E-state index >= 15 is 0 Å². The SMILES string of the molecule is COc1ccc(N2C(=O)CSC2c2cccs2)c(OC)c1. The van der Waals surface area contributed by atoms with E-state index in [1.807, 2.05) is 28.5 Å². The molecule has 0 aliphatic carbocycles. The molecule has 1 aliphatic heterocycles. The molecule has 1 aromatic heterocycles. The molecular weight excluding hydrogens is 306 g/mol. The van der Waals surface area contributed by atoms with E-state index in [1.54, 1.807) is 43.4 Å². The number of carbonyl (C=O) groups excluding carboxylic acids is 1. The molecule has 4 nitrogen and oxygen atoms in total. The molecule has 1 amide bonds. The van der Waals surface area contributed by atoms with Crippen LogP contribution in [0.15, 0.2) is 35.7 Å². The van der Waals surface area contributed by atoms with Gasteiger partial charge in [-0.25, -0.2) is 0 Å². The highest BCUT2D eigenvalue weighted by molar-refractivity contribution is 8.01. The van der Waals surface area contributed by atoms with Crippen LogP contribution < -0.4 is 14.4 Å². The predicted octanol–water partition coefficient (Wildman–Crippen LogP) is 3.54. The Kier molecular flexibility index (Phi) is 4.07. The molecule has 1 saturated heterocycles. The minimum atomic E-state index is 0.0137. The molecule has 0 N–H and O–H groups in total. The highest BCUT2D eigenvalue weighted by Crippen LogP contribution is 2.46. The first-order chi connectivity index (χ1) is 10.2. The number of methoxy groups -OCH3 is 2. The van der Waals surface area contributed by atoms with Crippen LogP contribution in [-0.4, -0.2) is 25.9 Å². The van der Waals surface area contributed by atoms with Crippen molar-refractivity contribution in [2.24, 2.45) is 0 Å². The van der Waals surface area contributed by atoms with Gasteiger partial charge in [-0.15, -0.1) is 23.1 Å². The van der Waals surface area contributed by atoms with E-state index in [0.717, 1.165) is 5.69 Å². The standard InChI is InChI=1S/C15H15NO3S2/c1-18-10-5-6-11(12(8-10)19-2)16-14(17)9-21-15(16)13-4-3-7-20-13/h3-8,15H,9H2,1-2H3. The van der Waals surface area contributed by atoms with E-state index in [1.165, 1.54) is 4.88 Å². The molecule has 1 aromatic carbocycles. The van der Waals surface area contributed by atoms with Crippen molar-refractivity contribution >= 4 is 34.7 Å². The van der Waals surface area contributed by atoms with Crippen molar-refractivity contribution < 1.29 is 14.3 Å². The van der Waals surface area contributed by atoms with Crippen molar-refractivity contribution in [2.45, 2.75) is 5.37 Å². The third-order valence-electron chi connectivity index (χ3n) is 3.30. The van der Waals surface area contributed by atoms with Crippen molar-refractivity contribution in [3.05, 3.63) is 40.6 Å². The van der Waals surface area contributed by atoms with Crippen molar-refractivity contribution in [1.29, 1.82) is 0 Å². The van der Waals surface area contributed by atoms with Crippen LogP contribution >= 0.6 is 23.1 Å². The summed E-state index contributed by atoms with van der Waals surface area (Å²) >= 11 is 3.30. The Hall–Kier alpha value is -1.66. The summed E-state index contributed by atoms with van der Waals surface area (Å²) in [6.07, 6.45) is 0. The smallest absolute Gasteiger partial charge is 0.238 e. The summed E-state index contributed by atoms with van der Waals surface area (Å²) in [6.45, 7) is 0. The number of anilines is 1. The average molecular weight is 321 g/mol. The van der Waals surface area contributed by atoms with Crippen LogP contribution in [0.5, 0.6) is 11.5 Å². The second kappa shape index (κ2) is 5.99. The number of hydrogen-bond acceptors (Lipinski definition) is 5. The Balaban J connectivity index is 2.02. The first kappa shape index (κ1) is 14.3. The molecule has 0 saturated carbocycles. The summed E-state index contributed by atoms with van der Waals surface area (Å²) in [5.41, 5.74) is 0.784. The molecule has 0 spiro atoms. The Bertz CT molecular complexity index is 642. The van der Waals surface area contributed by atoms with Gasteiger partial charge in [0.05, 0.1) is 25.7 Å². The van der Waals surface area contributed by atoms with E-state index in [4.69, 9.17) is 9.47 Å². The zero-order valence-electron chi connectivity index (χ0n) is 11.7. The van der Waals surface area contributed by atoms with E-state index in [0.29, 0.717) is 17.3 Å². The number of rotatable bonds is 4. The highest BCUT2D eigenvalue weighted by Gasteiger charge is 2.36. The van der Waals surface area contributed by atoms with Gasteiger partial charge < -0.3 is 9.47 Å². The predicted molar refractivity (Wildman–Crippen MR) is 86.6 cm³/mol. The normalized spacial score (nSPS) is 18.1. The minimum absolute atomic E-state index is 0.0137. The molecule has 1 atom stereocenters. The van der Waals surface area contributed by atoms with Gasteiger partial charge in [-0.05, 0) is 23.6 Å². The van der Waals surface area contributed by atoms with E-state index in [2.05, 4.69) is 6.07 Å². The maximum Gasteiger partial charge on any atom is 0.238 e. The molecule has 1 unspecified atom stereocenters. The van der Waals surface area contributed by atoms with Gasteiger partial charge in [0.15, 0.2) is 0 Å². The van der Waals surface area contributed by atoms with Gasteiger partial charge >= 0.3 is 0 Å². The van der Waals surface area contributed by atoms with E-state index in [9.17, 15) is 4.79 Å². The van der Waals surface area contributed by atoms with Crippen LogP contribution in [0.2, 0.25) is 0 Å². The zero-order valence-corrected chi connectivity index (χ0v) is 13.4. The largest absolute Gasteiger partial charge is 0.497 e. The van der Waals surface area contributed by atoms with Gasteiger partial charge in [0.1, 0.15) is 16.9 Å². The number of carbonyl (C=O) groups is 1. The number of thioether (sulfide) groups is 1. The van der Waals surface area contributed by atoms with Gasteiger partial charge in [-0.3, -0.25) is 9.69 Å². The first-order valence-electron chi connectivity index (χ1n) is 6.43. The molecule has 6 heteroatoms. The molecule has 1 aliphatic rings. The maximum atomic E-state index is 12.3. The van der Waals surface area contributed by atoms with Crippen molar-refractivity contribution in [1.82, 2.24) is 0 Å². The van der Waals surface area contributed by atoms with Gasteiger partial charge in [0.2, 0.25) is 5.91 Å². The lowest BCUT2D eigenvalue weighted by molar-refractivity contribution is -0.115. The minimum Gasteiger partial charge on any atom is -0.497 e. The summed E-state index contributed by atoms with van der Waals surface area (Å²) < 4.78 is 10.6. The molecular formula is C15H15NO3S2. The van der Waals surface area contributed by atoms with Gasteiger partial charge in [-0.1, -0.05) is 6.07 Å². The van der Waals surface area contributed by atoms with Crippen LogP contribution in [0.3, 0.4) is 0 Å².